The fourth-order valence-corrected chi connectivity index (χ4v) is 0. The standard InChI is InChI=1S/CH4O.Na.H2O4S.2H2O.H/c1-2;;1-5(2,3)4;;;/h2H,1H3;;(H2,1,2,3,4);2*1H2;. The summed E-state index contributed by atoms with van der Waals surface area (Å²) in [5.41, 5.74) is 0. The molecule has 0 aromatic heterocycles. The number of aliphatic hydroxyl groups is 1. The Bertz CT molecular complexity index is 96.8. The Hall–Kier alpha value is 0.750. The number of hydrogen-bond acceptors (Lipinski definition) is 3. The Kier molecular flexibility index (Phi) is 50.6. The van der Waals surface area contributed by atoms with Crippen molar-refractivity contribution in [2.75, 3.05) is 7.11 Å². The molecule has 0 rings (SSSR count). The summed E-state index contributed by atoms with van der Waals surface area (Å²) >= 11 is 0. The molecule has 0 fully saturated rings. The van der Waals surface area contributed by atoms with E-state index in [1.807, 2.05) is 0 Å². The zero-order valence-corrected chi connectivity index (χ0v) is 5.38. The molecule has 0 aliphatic carbocycles. The van der Waals surface area contributed by atoms with Crippen LogP contribution in [0, 0.1) is 0 Å². The van der Waals surface area contributed by atoms with E-state index in [4.69, 9.17) is 22.6 Å². The molecule has 9 heteroatoms. The molecule has 0 atom stereocenters. The van der Waals surface area contributed by atoms with E-state index in [1.165, 1.54) is 0 Å². The van der Waals surface area contributed by atoms with Crippen LogP contribution in [0.4, 0.5) is 0 Å². The first-order valence-corrected chi connectivity index (χ1v) is 2.54. The van der Waals surface area contributed by atoms with Crippen LogP contribution >= 0.6 is 0 Å². The van der Waals surface area contributed by atoms with Crippen molar-refractivity contribution in [3.63, 3.8) is 0 Å². The van der Waals surface area contributed by atoms with E-state index in [2.05, 4.69) is 0 Å². The van der Waals surface area contributed by atoms with Crippen LogP contribution in [-0.2, 0) is 10.4 Å². The van der Waals surface area contributed by atoms with Crippen LogP contribution in [0.15, 0.2) is 0 Å². The van der Waals surface area contributed by atoms with Crippen molar-refractivity contribution < 1.29 is 33.6 Å². The molecule has 0 aliphatic heterocycles. The molecule has 0 aromatic carbocycles. The average molecular weight is 190 g/mol. The van der Waals surface area contributed by atoms with Gasteiger partial charge < -0.3 is 16.1 Å². The second kappa shape index (κ2) is 16.4. The van der Waals surface area contributed by atoms with Crippen molar-refractivity contribution in [3.8, 4) is 0 Å². The molecule has 10 heavy (non-hydrogen) atoms. The van der Waals surface area contributed by atoms with Gasteiger partial charge in [-0.3, -0.25) is 9.11 Å². The summed E-state index contributed by atoms with van der Waals surface area (Å²) in [6.45, 7) is 0. The van der Waals surface area contributed by atoms with Crippen molar-refractivity contribution in [3.05, 3.63) is 0 Å². The van der Waals surface area contributed by atoms with Gasteiger partial charge in [0.05, 0.1) is 0 Å². The molecule has 0 unspecified atom stereocenters. The van der Waals surface area contributed by atoms with Gasteiger partial charge in [0.25, 0.3) is 0 Å². The third-order valence-electron chi connectivity index (χ3n) is 0. The Morgan fingerprint density at radius 1 is 1.00 bits per heavy atom. The normalized spacial score (nSPS) is 6.40. The van der Waals surface area contributed by atoms with Gasteiger partial charge in [-0.05, 0) is 0 Å². The summed E-state index contributed by atoms with van der Waals surface area (Å²) in [6, 6.07) is 0. The first-order valence-electron chi connectivity index (χ1n) is 1.15. The summed E-state index contributed by atoms with van der Waals surface area (Å²) < 4.78 is 31.6. The van der Waals surface area contributed by atoms with E-state index in [0.717, 1.165) is 7.11 Å². The summed E-state index contributed by atoms with van der Waals surface area (Å²) in [6.07, 6.45) is 0. The molecule has 0 saturated heterocycles. The molecule has 7 nitrogen and oxygen atoms in total. The second-order valence-corrected chi connectivity index (χ2v) is 1.34. The van der Waals surface area contributed by atoms with Gasteiger partial charge in [0, 0.05) is 7.11 Å². The van der Waals surface area contributed by atoms with Gasteiger partial charge >= 0.3 is 40.0 Å². The fourth-order valence-electron chi connectivity index (χ4n) is 0. The van der Waals surface area contributed by atoms with Crippen LogP contribution in [0.2, 0.25) is 0 Å². The van der Waals surface area contributed by atoms with Gasteiger partial charge in [-0.15, -0.1) is 0 Å². The molecule has 0 aromatic rings. The van der Waals surface area contributed by atoms with Gasteiger partial charge in [0.15, 0.2) is 0 Å². The van der Waals surface area contributed by atoms with Crippen LogP contribution in [0.3, 0.4) is 0 Å². The minimum atomic E-state index is -4.67. The van der Waals surface area contributed by atoms with Crippen LogP contribution < -0.4 is 0 Å². The molecular weight excluding hydrogens is 179 g/mol. The third kappa shape index (κ3) is 934. The molecule has 7 N–H and O–H groups in total. The second-order valence-electron chi connectivity index (χ2n) is 0.448. The Labute approximate surface area is 80.5 Å². The molecule has 0 spiro atoms. The van der Waals surface area contributed by atoms with E-state index >= 15 is 0 Å². The SMILES string of the molecule is CO.O.O.O=S(=O)(O)O.[NaH]. The Morgan fingerprint density at radius 2 is 1.00 bits per heavy atom. The molecule has 0 radical (unpaired) electrons. The number of rotatable bonds is 0. The van der Waals surface area contributed by atoms with Crippen LogP contribution in [-0.4, -0.2) is 70.2 Å². The van der Waals surface area contributed by atoms with Crippen molar-refractivity contribution in [1.82, 2.24) is 0 Å². The zero-order chi connectivity index (χ0) is 6.50. The van der Waals surface area contributed by atoms with E-state index in [1.54, 1.807) is 0 Å². The maximum absolute atomic E-state index is 8.74. The van der Waals surface area contributed by atoms with Crippen molar-refractivity contribution in [2.24, 2.45) is 0 Å². The molecule has 0 amide bonds. The molecule has 0 saturated carbocycles. The molecular formula is CH11NaO7S. The van der Waals surface area contributed by atoms with Gasteiger partial charge in [-0.1, -0.05) is 0 Å². The van der Waals surface area contributed by atoms with E-state index in [-0.39, 0.29) is 40.5 Å². The Balaban J connectivity index is -0.0000000154. The number of hydrogen-bond donors (Lipinski definition) is 3. The predicted octanol–water partition coefficient (Wildman–Crippen LogP) is -3.34. The molecule has 0 heterocycles. The van der Waals surface area contributed by atoms with Gasteiger partial charge in [-0.25, -0.2) is 0 Å². The Morgan fingerprint density at radius 3 is 1.00 bits per heavy atom. The zero-order valence-electron chi connectivity index (χ0n) is 4.57. The summed E-state index contributed by atoms with van der Waals surface area (Å²) in [4.78, 5) is 0. The van der Waals surface area contributed by atoms with Crippen LogP contribution in [0.5, 0.6) is 0 Å². The summed E-state index contributed by atoms with van der Waals surface area (Å²) in [5.74, 6) is 0. The van der Waals surface area contributed by atoms with E-state index < -0.39 is 10.4 Å². The van der Waals surface area contributed by atoms with Gasteiger partial charge in [0.2, 0.25) is 0 Å². The van der Waals surface area contributed by atoms with Crippen LogP contribution in [0.25, 0.3) is 0 Å². The first kappa shape index (κ1) is 30.9. The molecule has 0 bridgehead atoms. The third-order valence-corrected chi connectivity index (χ3v) is 0. The number of aliphatic hydroxyl groups excluding tert-OH is 1. The van der Waals surface area contributed by atoms with Gasteiger partial charge in [-0.2, -0.15) is 8.42 Å². The van der Waals surface area contributed by atoms with E-state index in [9.17, 15) is 0 Å². The quantitative estimate of drug-likeness (QED) is 0.268. The molecule has 0 aliphatic rings. The van der Waals surface area contributed by atoms with Gasteiger partial charge in [0.1, 0.15) is 0 Å². The summed E-state index contributed by atoms with van der Waals surface area (Å²) in [5, 5.41) is 7.00. The monoisotopic (exact) mass is 190 g/mol. The van der Waals surface area contributed by atoms with Crippen molar-refractivity contribution in [1.29, 1.82) is 0 Å². The van der Waals surface area contributed by atoms with Crippen LogP contribution in [0.1, 0.15) is 0 Å². The predicted molar refractivity (Wildman–Crippen MR) is 36.7 cm³/mol. The van der Waals surface area contributed by atoms with Crippen molar-refractivity contribution >= 4 is 40.0 Å². The van der Waals surface area contributed by atoms with Crippen molar-refractivity contribution in [2.45, 2.75) is 0 Å². The minimum absolute atomic E-state index is 0. The van der Waals surface area contributed by atoms with E-state index in [0.29, 0.717) is 0 Å². The summed E-state index contributed by atoms with van der Waals surface area (Å²) in [7, 11) is -3.67. The molecule has 64 valence electrons. The first-order chi connectivity index (χ1) is 3.00. The fraction of sp³-hybridized carbons (Fsp3) is 1.00. The topological polar surface area (TPSA) is 158 Å². The maximum atomic E-state index is 8.74. The average Bonchev–Trinajstić information content (AvgIpc) is 1.36.